The Balaban J connectivity index is 1.79. The Morgan fingerprint density at radius 2 is 1.90 bits per heavy atom. The largest absolute Gasteiger partial charge is 0.503 e. The summed E-state index contributed by atoms with van der Waals surface area (Å²) in [6, 6.07) is 15.4. The van der Waals surface area contributed by atoms with Crippen LogP contribution in [0.25, 0.3) is 0 Å². The van der Waals surface area contributed by atoms with Gasteiger partial charge in [0.25, 0.3) is 5.91 Å². The first-order chi connectivity index (χ1) is 14.0. The van der Waals surface area contributed by atoms with E-state index in [-0.39, 0.29) is 23.7 Å². The molecule has 1 atom stereocenters. The molecular weight excluding hydrogens is 373 g/mol. The van der Waals surface area contributed by atoms with Crippen molar-refractivity contribution in [2.45, 2.75) is 19.5 Å². The van der Waals surface area contributed by atoms with Gasteiger partial charge in [-0.05, 0) is 42.3 Å². The molecule has 4 rings (SSSR count). The molecule has 3 aromatic rings. The Hall–Kier alpha value is -3.67. The minimum Gasteiger partial charge on any atom is -0.503 e. The number of nitrogens with zero attached hydrogens (tertiary/aromatic N) is 1. The van der Waals surface area contributed by atoms with E-state index < -0.39 is 23.5 Å². The predicted molar refractivity (Wildman–Crippen MR) is 104 cm³/mol. The molecule has 1 aliphatic heterocycles. The molecule has 0 radical (unpaired) electrons. The van der Waals surface area contributed by atoms with Crippen LogP contribution in [0.5, 0.6) is 0 Å². The zero-order chi connectivity index (χ0) is 20.5. The molecule has 146 valence electrons. The van der Waals surface area contributed by atoms with Crippen molar-refractivity contribution < 1.29 is 23.5 Å². The third kappa shape index (κ3) is 3.45. The number of amides is 1. The number of ketones is 1. The standard InChI is InChI=1S/C23H18FNO4/c1-14-4-2-5-16(12-14)20-19(21(26)18-6-3-11-29-18)22(27)23(28)25(20)13-15-7-9-17(24)10-8-15/h2-12,20,27H,13H2,1H3. The third-order valence-electron chi connectivity index (χ3n) is 4.92. The number of carbonyl (C=O) groups is 2. The van der Waals surface area contributed by atoms with Gasteiger partial charge in [-0.15, -0.1) is 0 Å². The molecule has 0 bridgehead atoms. The summed E-state index contributed by atoms with van der Waals surface area (Å²) >= 11 is 0. The van der Waals surface area contributed by atoms with E-state index in [0.29, 0.717) is 11.1 Å². The first-order valence-corrected chi connectivity index (χ1v) is 9.09. The SMILES string of the molecule is Cc1cccc(C2C(C(=O)c3ccco3)=C(O)C(=O)N2Cc2ccc(F)cc2)c1. The number of furan rings is 1. The lowest BCUT2D eigenvalue weighted by Gasteiger charge is -2.27. The summed E-state index contributed by atoms with van der Waals surface area (Å²) in [6.07, 6.45) is 1.36. The van der Waals surface area contributed by atoms with Gasteiger partial charge in [-0.1, -0.05) is 42.0 Å². The highest BCUT2D eigenvalue weighted by Crippen LogP contribution is 2.40. The number of hydrogen-bond donors (Lipinski definition) is 1. The Labute approximate surface area is 166 Å². The fourth-order valence-corrected chi connectivity index (χ4v) is 3.56. The molecule has 1 amide bonds. The smallest absolute Gasteiger partial charge is 0.290 e. The summed E-state index contributed by atoms with van der Waals surface area (Å²) in [7, 11) is 0. The van der Waals surface area contributed by atoms with Crippen LogP contribution in [0.2, 0.25) is 0 Å². The van der Waals surface area contributed by atoms with Crippen LogP contribution >= 0.6 is 0 Å². The van der Waals surface area contributed by atoms with Gasteiger partial charge in [0, 0.05) is 6.54 Å². The minimum absolute atomic E-state index is 0.0299. The number of hydrogen-bond acceptors (Lipinski definition) is 4. The lowest BCUT2D eigenvalue weighted by molar-refractivity contribution is -0.130. The number of aliphatic hydroxyl groups is 1. The van der Waals surface area contributed by atoms with Gasteiger partial charge >= 0.3 is 0 Å². The van der Waals surface area contributed by atoms with Crippen LogP contribution in [0.15, 0.2) is 82.7 Å². The highest BCUT2D eigenvalue weighted by Gasteiger charge is 2.44. The molecule has 5 nitrogen and oxygen atoms in total. The molecule has 1 aliphatic rings. The summed E-state index contributed by atoms with van der Waals surface area (Å²) in [5, 5.41) is 10.6. The maximum atomic E-state index is 13.3. The first kappa shape index (κ1) is 18.7. The van der Waals surface area contributed by atoms with Crippen molar-refractivity contribution >= 4 is 11.7 Å². The normalized spacial score (nSPS) is 16.6. The van der Waals surface area contributed by atoms with Crippen molar-refractivity contribution in [3.8, 4) is 0 Å². The van der Waals surface area contributed by atoms with E-state index in [4.69, 9.17) is 4.42 Å². The van der Waals surface area contributed by atoms with Crippen molar-refractivity contribution in [2.75, 3.05) is 0 Å². The van der Waals surface area contributed by atoms with Crippen molar-refractivity contribution in [1.82, 2.24) is 4.90 Å². The molecule has 1 unspecified atom stereocenters. The minimum atomic E-state index is -0.787. The zero-order valence-corrected chi connectivity index (χ0v) is 15.6. The van der Waals surface area contributed by atoms with E-state index in [1.54, 1.807) is 24.3 Å². The van der Waals surface area contributed by atoms with E-state index in [0.717, 1.165) is 5.56 Å². The molecule has 6 heteroatoms. The summed E-state index contributed by atoms with van der Waals surface area (Å²) in [6.45, 7) is 2.01. The Kier molecular flexibility index (Phi) is 4.76. The van der Waals surface area contributed by atoms with E-state index in [2.05, 4.69) is 0 Å². The topological polar surface area (TPSA) is 70.7 Å². The van der Waals surface area contributed by atoms with Gasteiger partial charge in [-0.3, -0.25) is 9.59 Å². The molecule has 0 saturated heterocycles. The monoisotopic (exact) mass is 391 g/mol. The van der Waals surface area contributed by atoms with Crippen LogP contribution < -0.4 is 0 Å². The molecule has 0 aliphatic carbocycles. The van der Waals surface area contributed by atoms with Crippen molar-refractivity contribution in [2.24, 2.45) is 0 Å². The molecule has 1 N–H and O–H groups in total. The van der Waals surface area contributed by atoms with Gasteiger partial charge in [-0.2, -0.15) is 0 Å². The highest BCUT2D eigenvalue weighted by molar-refractivity contribution is 6.15. The molecule has 1 aromatic heterocycles. The van der Waals surface area contributed by atoms with Gasteiger partial charge in [0.2, 0.25) is 5.78 Å². The Bertz CT molecular complexity index is 1100. The average Bonchev–Trinajstić information content (AvgIpc) is 3.32. The number of halogens is 1. The summed E-state index contributed by atoms with van der Waals surface area (Å²) in [5.41, 5.74) is 2.29. The predicted octanol–water partition coefficient (Wildman–Crippen LogP) is 4.51. The number of carbonyl (C=O) groups excluding carboxylic acids is 2. The maximum Gasteiger partial charge on any atom is 0.290 e. The zero-order valence-electron chi connectivity index (χ0n) is 15.6. The average molecular weight is 391 g/mol. The van der Waals surface area contributed by atoms with Crippen LogP contribution in [0, 0.1) is 12.7 Å². The van der Waals surface area contributed by atoms with E-state index in [1.165, 1.54) is 29.4 Å². The van der Waals surface area contributed by atoms with Gasteiger partial charge in [0.15, 0.2) is 11.5 Å². The van der Waals surface area contributed by atoms with Crippen LogP contribution in [-0.4, -0.2) is 21.7 Å². The first-order valence-electron chi connectivity index (χ1n) is 9.09. The Morgan fingerprint density at radius 3 is 2.55 bits per heavy atom. The second kappa shape index (κ2) is 7.39. The second-order valence-corrected chi connectivity index (χ2v) is 6.94. The highest BCUT2D eigenvalue weighted by atomic mass is 19.1. The summed E-state index contributed by atoms with van der Waals surface area (Å²) in [4.78, 5) is 27.3. The van der Waals surface area contributed by atoms with Gasteiger partial charge < -0.3 is 14.4 Å². The number of Topliss-reactive ketones (excluding diaryl/α,β-unsaturated/α-hetero) is 1. The quantitative estimate of drug-likeness (QED) is 0.650. The van der Waals surface area contributed by atoms with Crippen LogP contribution in [0.4, 0.5) is 4.39 Å². The van der Waals surface area contributed by atoms with Crippen LogP contribution in [0.1, 0.15) is 33.3 Å². The number of aliphatic hydroxyl groups excluding tert-OH is 1. The molecule has 0 spiro atoms. The number of aryl methyl sites for hydroxylation is 1. The fourth-order valence-electron chi connectivity index (χ4n) is 3.56. The lowest BCUT2D eigenvalue weighted by atomic mass is 9.94. The van der Waals surface area contributed by atoms with Gasteiger partial charge in [0.1, 0.15) is 5.82 Å². The van der Waals surface area contributed by atoms with E-state index in [9.17, 15) is 19.1 Å². The van der Waals surface area contributed by atoms with Crippen molar-refractivity contribution in [1.29, 1.82) is 0 Å². The molecule has 0 fully saturated rings. The van der Waals surface area contributed by atoms with Gasteiger partial charge in [0.05, 0.1) is 17.9 Å². The maximum absolute atomic E-state index is 13.3. The number of rotatable bonds is 5. The molecule has 29 heavy (non-hydrogen) atoms. The van der Waals surface area contributed by atoms with Crippen molar-refractivity contribution in [3.63, 3.8) is 0 Å². The molecule has 2 aromatic carbocycles. The van der Waals surface area contributed by atoms with E-state index >= 15 is 0 Å². The Morgan fingerprint density at radius 1 is 1.14 bits per heavy atom. The lowest BCUT2D eigenvalue weighted by Crippen LogP contribution is -2.30. The van der Waals surface area contributed by atoms with Crippen LogP contribution in [0.3, 0.4) is 0 Å². The summed E-state index contributed by atoms with van der Waals surface area (Å²) in [5.74, 6) is -2.14. The fraction of sp³-hybridized carbons (Fsp3) is 0.130. The third-order valence-corrected chi connectivity index (χ3v) is 4.92. The van der Waals surface area contributed by atoms with Crippen LogP contribution in [-0.2, 0) is 11.3 Å². The molecule has 0 saturated carbocycles. The second-order valence-electron chi connectivity index (χ2n) is 6.94. The molecule has 2 heterocycles. The molecular formula is C23H18FNO4. The van der Waals surface area contributed by atoms with Gasteiger partial charge in [-0.25, -0.2) is 4.39 Å². The summed E-state index contributed by atoms with van der Waals surface area (Å²) < 4.78 is 18.5. The van der Waals surface area contributed by atoms with E-state index in [1.807, 2.05) is 25.1 Å². The van der Waals surface area contributed by atoms with Crippen molar-refractivity contribution in [3.05, 3.63) is 107 Å². The number of benzene rings is 2.